The van der Waals surface area contributed by atoms with Gasteiger partial charge in [0.25, 0.3) is 0 Å². The number of halogens is 1. The lowest BCUT2D eigenvalue weighted by Gasteiger charge is -1.98. The molecular formula is C10H11BrN4O. The van der Waals surface area contributed by atoms with E-state index in [2.05, 4.69) is 31.1 Å². The zero-order chi connectivity index (χ0) is 11.5. The summed E-state index contributed by atoms with van der Waals surface area (Å²) in [6, 6.07) is 1.88. The fourth-order valence-electron chi connectivity index (χ4n) is 1.19. The quantitative estimate of drug-likeness (QED) is 0.931. The highest BCUT2D eigenvalue weighted by Gasteiger charge is 2.13. The molecule has 5 nitrogen and oxygen atoms in total. The van der Waals surface area contributed by atoms with E-state index in [1.165, 1.54) is 0 Å². The SMILES string of the molecule is CC(CN)c1nc(-c2cncc(Br)c2)no1. The first-order valence-electron chi connectivity index (χ1n) is 4.85. The Morgan fingerprint density at radius 3 is 3.00 bits per heavy atom. The standard InChI is InChI=1S/C10H11BrN4O/c1-6(3-12)10-14-9(15-16-10)7-2-8(11)5-13-4-7/h2,4-6H,3,12H2,1H3. The Bertz CT molecular complexity index is 485. The summed E-state index contributed by atoms with van der Waals surface area (Å²) in [5.41, 5.74) is 6.34. The molecule has 1 atom stereocenters. The van der Waals surface area contributed by atoms with Crippen molar-refractivity contribution in [2.75, 3.05) is 6.54 Å². The average molecular weight is 283 g/mol. The average Bonchev–Trinajstić information content (AvgIpc) is 2.77. The minimum atomic E-state index is 0.0707. The maximum atomic E-state index is 5.53. The van der Waals surface area contributed by atoms with Crippen LogP contribution < -0.4 is 5.73 Å². The number of nitrogens with two attached hydrogens (primary N) is 1. The third kappa shape index (κ3) is 2.28. The second-order valence-electron chi connectivity index (χ2n) is 3.48. The van der Waals surface area contributed by atoms with Crippen molar-refractivity contribution in [1.29, 1.82) is 0 Å². The molecule has 0 spiro atoms. The number of pyridine rings is 1. The number of hydrogen-bond acceptors (Lipinski definition) is 5. The minimum absolute atomic E-state index is 0.0707. The van der Waals surface area contributed by atoms with Gasteiger partial charge in [0.2, 0.25) is 11.7 Å². The second kappa shape index (κ2) is 4.71. The molecule has 0 aliphatic rings. The zero-order valence-corrected chi connectivity index (χ0v) is 10.3. The molecule has 0 saturated carbocycles. The first kappa shape index (κ1) is 11.2. The lowest BCUT2D eigenvalue weighted by Crippen LogP contribution is -2.08. The van der Waals surface area contributed by atoms with Crippen LogP contribution in [0.15, 0.2) is 27.5 Å². The van der Waals surface area contributed by atoms with Crippen LogP contribution in [0.5, 0.6) is 0 Å². The summed E-state index contributed by atoms with van der Waals surface area (Å²) < 4.78 is 6.01. The summed E-state index contributed by atoms with van der Waals surface area (Å²) in [5.74, 6) is 1.16. The summed E-state index contributed by atoms with van der Waals surface area (Å²) in [6.07, 6.45) is 3.39. The third-order valence-electron chi connectivity index (χ3n) is 2.18. The molecule has 2 rings (SSSR count). The van der Waals surface area contributed by atoms with Gasteiger partial charge in [0, 0.05) is 34.9 Å². The molecule has 0 aliphatic carbocycles. The largest absolute Gasteiger partial charge is 0.339 e. The molecule has 0 bridgehead atoms. The van der Waals surface area contributed by atoms with Crippen molar-refractivity contribution in [2.24, 2.45) is 5.73 Å². The maximum absolute atomic E-state index is 5.53. The van der Waals surface area contributed by atoms with E-state index in [0.717, 1.165) is 10.0 Å². The van der Waals surface area contributed by atoms with Crippen molar-refractivity contribution >= 4 is 15.9 Å². The Hall–Kier alpha value is -1.27. The van der Waals surface area contributed by atoms with Gasteiger partial charge in [0.05, 0.1) is 0 Å². The highest BCUT2D eigenvalue weighted by molar-refractivity contribution is 9.10. The molecule has 0 aromatic carbocycles. The van der Waals surface area contributed by atoms with E-state index in [4.69, 9.17) is 10.3 Å². The Morgan fingerprint density at radius 2 is 2.31 bits per heavy atom. The number of hydrogen-bond donors (Lipinski definition) is 1. The van der Waals surface area contributed by atoms with E-state index in [0.29, 0.717) is 18.3 Å². The molecule has 16 heavy (non-hydrogen) atoms. The van der Waals surface area contributed by atoms with Crippen LogP contribution in [0, 0.1) is 0 Å². The Morgan fingerprint density at radius 1 is 1.50 bits per heavy atom. The fraction of sp³-hybridized carbons (Fsp3) is 0.300. The first-order chi connectivity index (χ1) is 7.70. The van der Waals surface area contributed by atoms with Crippen LogP contribution in [0.2, 0.25) is 0 Å². The van der Waals surface area contributed by atoms with Crippen LogP contribution in [-0.4, -0.2) is 21.7 Å². The second-order valence-corrected chi connectivity index (χ2v) is 4.40. The van der Waals surface area contributed by atoms with Crippen LogP contribution in [0.25, 0.3) is 11.4 Å². The van der Waals surface area contributed by atoms with Crippen molar-refractivity contribution in [3.63, 3.8) is 0 Å². The van der Waals surface area contributed by atoms with Crippen molar-refractivity contribution in [3.05, 3.63) is 28.8 Å². The molecule has 0 saturated heterocycles. The summed E-state index contributed by atoms with van der Waals surface area (Å²) in [5, 5.41) is 3.89. The predicted octanol–water partition coefficient (Wildman–Crippen LogP) is 1.96. The van der Waals surface area contributed by atoms with E-state index < -0.39 is 0 Å². The van der Waals surface area contributed by atoms with E-state index in [9.17, 15) is 0 Å². The normalized spacial score (nSPS) is 12.7. The maximum Gasteiger partial charge on any atom is 0.231 e. The third-order valence-corrected chi connectivity index (χ3v) is 2.61. The van der Waals surface area contributed by atoms with Crippen LogP contribution in [-0.2, 0) is 0 Å². The molecule has 2 aromatic heterocycles. The summed E-state index contributed by atoms with van der Waals surface area (Å²) in [7, 11) is 0. The zero-order valence-electron chi connectivity index (χ0n) is 8.72. The van der Waals surface area contributed by atoms with Crippen molar-refractivity contribution < 1.29 is 4.52 Å². The van der Waals surface area contributed by atoms with Gasteiger partial charge in [-0.3, -0.25) is 4.98 Å². The number of rotatable bonds is 3. The Labute approximate surface area is 101 Å². The fourth-order valence-corrected chi connectivity index (χ4v) is 1.55. The van der Waals surface area contributed by atoms with E-state index >= 15 is 0 Å². The lowest BCUT2D eigenvalue weighted by atomic mass is 10.2. The van der Waals surface area contributed by atoms with Gasteiger partial charge in [0.1, 0.15) is 0 Å². The topological polar surface area (TPSA) is 77.8 Å². The summed E-state index contributed by atoms with van der Waals surface area (Å²) >= 11 is 3.34. The van der Waals surface area contributed by atoms with Gasteiger partial charge in [0.15, 0.2) is 0 Å². The monoisotopic (exact) mass is 282 g/mol. The van der Waals surface area contributed by atoms with Crippen molar-refractivity contribution in [2.45, 2.75) is 12.8 Å². The minimum Gasteiger partial charge on any atom is -0.339 e. The molecule has 2 aromatic rings. The van der Waals surface area contributed by atoms with Gasteiger partial charge in [-0.1, -0.05) is 12.1 Å². The molecular weight excluding hydrogens is 272 g/mol. The van der Waals surface area contributed by atoms with Crippen LogP contribution in [0.1, 0.15) is 18.7 Å². The van der Waals surface area contributed by atoms with Crippen LogP contribution in [0.3, 0.4) is 0 Å². The van der Waals surface area contributed by atoms with Gasteiger partial charge in [-0.15, -0.1) is 0 Å². The van der Waals surface area contributed by atoms with Gasteiger partial charge in [-0.25, -0.2) is 0 Å². The van der Waals surface area contributed by atoms with E-state index in [1.54, 1.807) is 12.4 Å². The van der Waals surface area contributed by atoms with Crippen molar-refractivity contribution in [3.8, 4) is 11.4 Å². The summed E-state index contributed by atoms with van der Waals surface area (Å²) in [6.45, 7) is 2.43. The highest BCUT2D eigenvalue weighted by atomic mass is 79.9. The van der Waals surface area contributed by atoms with Gasteiger partial charge in [-0.05, 0) is 22.0 Å². The number of nitrogens with zero attached hydrogens (tertiary/aromatic N) is 3. The summed E-state index contributed by atoms with van der Waals surface area (Å²) in [4.78, 5) is 8.32. The molecule has 6 heteroatoms. The molecule has 1 unspecified atom stereocenters. The predicted molar refractivity (Wildman–Crippen MR) is 62.7 cm³/mol. The van der Waals surface area contributed by atoms with Gasteiger partial charge < -0.3 is 10.3 Å². The molecule has 0 radical (unpaired) electrons. The van der Waals surface area contributed by atoms with E-state index in [-0.39, 0.29) is 5.92 Å². The molecule has 0 fully saturated rings. The highest BCUT2D eigenvalue weighted by Crippen LogP contribution is 2.20. The molecule has 0 aliphatic heterocycles. The van der Waals surface area contributed by atoms with Crippen molar-refractivity contribution in [1.82, 2.24) is 15.1 Å². The van der Waals surface area contributed by atoms with E-state index in [1.807, 2.05) is 13.0 Å². The molecule has 2 heterocycles. The van der Waals surface area contributed by atoms with Crippen LogP contribution >= 0.6 is 15.9 Å². The Kier molecular flexibility index (Phi) is 3.31. The number of aromatic nitrogens is 3. The molecule has 0 amide bonds. The van der Waals surface area contributed by atoms with Gasteiger partial charge in [-0.2, -0.15) is 4.98 Å². The smallest absolute Gasteiger partial charge is 0.231 e. The van der Waals surface area contributed by atoms with Crippen LogP contribution in [0.4, 0.5) is 0 Å². The molecule has 84 valence electrons. The lowest BCUT2D eigenvalue weighted by molar-refractivity contribution is 0.361. The Balaban J connectivity index is 2.31. The van der Waals surface area contributed by atoms with Gasteiger partial charge >= 0.3 is 0 Å². The molecule has 2 N–H and O–H groups in total. The first-order valence-corrected chi connectivity index (χ1v) is 5.64.